The highest BCUT2D eigenvalue weighted by molar-refractivity contribution is 8.93. The van der Waals surface area contributed by atoms with Gasteiger partial charge in [-0.3, -0.25) is 0 Å². The second-order valence-electron chi connectivity index (χ2n) is 10.3. The molecule has 0 amide bonds. The van der Waals surface area contributed by atoms with Gasteiger partial charge in [0.05, 0.1) is 29.6 Å². The van der Waals surface area contributed by atoms with Crippen LogP contribution in [0, 0.1) is 19.7 Å². The number of alkyl halides is 3. The lowest BCUT2D eigenvalue weighted by Crippen LogP contribution is -2.43. The van der Waals surface area contributed by atoms with Gasteiger partial charge in [0.2, 0.25) is 0 Å². The van der Waals surface area contributed by atoms with Crippen molar-refractivity contribution in [3.05, 3.63) is 82.4 Å². The number of guanidine groups is 1. The zero-order valence-corrected chi connectivity index (χ0v) is 24.3. The summed E-state index contributed by atoms with van der Waals surface area (Å²) in [6, 6.07) is 12.8. The van der Waals surface area contributed by atoms with Crippen LogP contribution in [0.2, 0.25) is 0 Å². The van der Waals surface area contributed by atoms with Crippen LogP contribution >= 0.6 is 17.0 Å². The molecule has 1 aromatic heterocycles. The van der Waals surface area contributed by atoms with Gasteiger partial charge in [-0.25, -0.2) is 14.1 Å². The van der Waals surface area contributed by atoms with E-state index >= 15 is 0 Å². The molecule has 2 aliphatic rings. The van der Waals surface area contributed by atoms with Crippen LogP contribution in [0.3, 0.4) is 0 Å². The van der Waals surface area contributed by atoms with E-state index in [2.05, 4.69) is 15.4 Å². The van der Waals surface area contributed by atoms with Crippen molar-refractivity contribution in [1.29, 1.82) is 0 Å². The van der Waals surface area contributed by atoms with Crippen LogP contribution in [0.5, 0.6) is 0 Å². The lowest BCUT2D eigenvalue weighted by Gasteiger charge is -2.24. The standard InChI is InChI=1S/C29H33F4N5O.BrH/c1-19-14-20(2)38(36-19)23-10-9-21(26(15-23)29(31,32)33)16-34-28(35-17-24-6-5-13-39-24)37-12-11-22(18-37)25-7-3-4-8-27(25)30;/h3-4,7-10,14-15,22,24H,5-6,11-13,16-18H2,1-2H3,(H,34,35);1H. The summed E-state index contributed by atoms with van der Waals surface area (Å²) < 4.78 is 64.1. The second-order valence-corrected chi connectivity index (χ2v) is 10.3. The zero-order chi connectivity index (χ0) is 27.6. The van der Waals surface area contributed by atoms with Crippen molar-refractivity contribution >= 4 is 22.9 Å². The van der Waals surface area contributed by atoms with Crippen molar-refractivity contribution in [2.75, 3.05) is 26.2 Å². The molecule has 0 spiro atoms. The van der Waals surface area contributed by atoms with E-state index in [-0.39, 0.29) is 46.9 Å². The molecule has 2 unspecified atom stereocenters. The lowest BCUT2D eigenvalue weighted by atomic mass is 9.98. The molecule has 6 nitrogen and oxygen atoms in total. The molecular formula is C29H34BrF4N5O. The summed E-state index contributed by atoms with van der Waals surface area (Å²) in [7, 11) is 0. The Bertz CT molecular complexity index is 1340. The fourth-order valence-corrected chi connectivity index (χ4v) is 5.44. The molecule has 3 heterocycles. The van der Waals surface area contributed by atoms with Gasteiger partial charge in [0, 0.05) is 37.9 Å². The summed E-state index contributed by atoms with van der Waals surface area (Å²) >= 11 is 0. The number of hydrogen-bond donors (Lipinski definition) is 1. The van der Waals surface area contributed by atoms with Gasteiger partial charge in [-0.2, -0.15) is 18.3 Å². The van der Waals surface area contributed by atoms with Crippen molar-refractivity contribution in [3.8, 4) is 5.69 Å². The molecule has 40 heavy (non-hydrogen) atoms. The number of rotatable bonds is 6. The number of benzene rings is 2. The zero-order valence-electron chi connectivity index (χ0n) is 22.5. The number of ether oxygens (including phenoxy) is 1. The topological polar surface area (TPSA) is 54.7 Å². The third-order valence-corrected chi connectivity index (χ3v) is 7.40. The smallest absolute Gasteiger partial charge is 0.376 e. The molecule has 0 saturated carbocycles. The molecule has 0 bridgehead atoms. The van der Waals surface area contributed by atoms with E-state index in [0.717, 1.165) is 36.7 Å². The Labute approximate surface area is 242 Å². The van der Waals surface area contributed by atoms with Crippen molar-refractivity contribution in [1.82, 2.24) is 20.0 Å². The molecule has 0 aliphatic carbocycles. The van der Waals surface area contributed by atoms with E-state index in [1.807, 2.05) is 24.0 Å². The minimum Gasteiger partial charge on any atom is -0.376 e. The van der Waals surface area contributed by atoms with E-state index in [4.69, 9.17) is 4.74 Å². The van der Waals surface area contributed by atoms with Gasteiger partial charge in [-0.1, -0.05) is 24.3 Å². The maximum absolute atomic E-state index is 14.4. The SMILES string of the molecule is Br.Cc1cc(C)n(-c2ccc(CN=C(NCC3CCCO3)N3CCC(c4ccccc4F)C3)c(C(F)(F)F)c2)n1. The molecule has 2 aromatic carbocycles. The Morgan fingerprint density at radius 2 is 1.93 bits per heavy atom. The predicted molar refractivity (Wildman–Crippen MR) is 152 cm³/mol. The van der Waals surface area contributed by atoms with Crippen LogP contribution in [-0.2, 0) is 17.5 Å². The third-order valence-electron chi connectivity index (χ3n) is 7.40. The Morgan fingerprint density at radius 3 is 2.60 bits per heavy atom. The molecule has 0 radical (unpaired) electrons. The van der Waals surface area contributed by atoms with E-state index in [0.29, 0.717) is 43.5 Å². The minimum atomic E-state index is -4.55. The van der Waals surface area contributed by atoms with E-state index in [1.165, 1.54) is 16.8 Å². The summed E-state index contributed by atoms with van der Waals surface area (Å²) in [6.07, 6.45) is -1.89. The van der Waals surface area contributed by atoms with E-state index in [1.54, 1.807) is 25.1 Å². The first-order valence-electron chi connectivity index (χ1n) is 13.3. The number of halogens is 5. The molecule has 11 heteroatoms. The Morgan fingerprint density at radius 1 is 1.12 bits per heavy atom. The summed E-state index contributed by atoms with van der Waals surface area (Å²) in [5.41, 5.74) is 1.83. The lowest BCUT2D eigenvalue weighted by molar-refractivity contribution is -0.138. The molecule has 2 saturated heterocycles. The summed E-state index contributed by atoms with van der Waals surface area (Å²) in [6.45, 7) is 5.83. The van der Waals surface area contributed by atoms with Crippen LogP contribution in [0.25, 0.3) is 5.69 Å². The van der Waals surface area contributed by atoms with Crippen LogP contribution in [-0.4, -0.2) is 53.0 Å². The van der Waals surface area contributed by atoms with Crippen molar-refractivity contribution < 1.29 is 22.3 Å². The summed E-state index contributed by atoms with van der Waals surface area (Å²) in [5.74, 6) is 0.250. The first-order chi connectivity index (χ1) is 18.7. The Hall–Kier alpha value is -2.92. The molecular weight excluding hydrogens is 590 g/mol. The molecule has 2 aliphatic heterocycles. The van der Waals surface area contributed by atoms with Gasteiger partial charge >= 0.3 is 6.18 Å². The largest absolute Gasteiger partial charge is 0.416 e. The van der Waals surface area contributed by atoms with Crippen LogP contribution in [0.1, 0.15) is 53.3 Å². The highest BCUT2D eigenvalue weighted by Crippen LogP contribution is 2.34. The molecule has 1 N–H and O–H groups in total. The van der Waals surface area contributed by atoms with Crippen LogP contribution < -0.4 is 5.32 Å². The first-order valence-corrected chi connectivity index (χ1v) is 13.3. The second kappa shape index (κ2) is 12.7. The maximum Gasteiger partial charge on any atom is 0.416 e. The monoisotopic (exact) mass is 623 g/mol. The van der Waals surface area contributed by atoms with Gasteiger partial charge < -0.3 is 15.0 Å². The fraction of sp³-hybridized carbons (Fsp3) is 0.448. The number of nitrogens with one attached hydrogen (secondary N) is 1. The molecule has 3 aromatic rings. The number of hydrogen-bond acceptors (Lipinski definition) is 3. The number of aliphatic imine (C=N–C) groups is 1. The minimum absolute atomic E-state index is 0. The van der Waals surface area contributed by atoms with Gasteiger partial charge in [-0.15, -0.1) is 17.0 Å². The average Bonchev–Trinajstić information content (AvgIpc) is 3.66. The van der Waals surface area contributed by atoms with Crippen LogP contribution in [0.4, 0.5) is 17.6 Å². The van der Waals surface area contributed by atoms with E-state index < -0.39 is 11.7 Å². The average molecular weight is 625 g/mol. The Kier molecular flexibility index (Phi) is 9.56. The summed E-state index contributed by atoms with van der Waals surface area (Å²) in [5, 5.41) is 7.65. The number of aromatic nitrogens is 2. The van der Waals surface area contributed by atoms with Crippen molar-refractivity contribution in [3.63, 3.8) is 0 Å². The normalized spacial score (nSPS) is 19.6. The predicted octanol–water partition coefficient (Wildman–Crippen LogP) is 6.34. The highest BCUT2D eigenvalue weighted by atomic mass is 79.9. The van der Waals surface area contributed by atoms with E-state index in [9.17, 15) is 17.6 Å². The number of likely N-dealkylation sites (tertiary alicyclic amines) is 1. The summed E-state index contributed by atoms with van der Waals surface area (Å²) in [4.78, 5) is 6.65. The quantitative estimate of drug-likeness (QED) is 0.198. The number of aryl methyl sites for hydroxylation is 2. The van der Waals surface area contributed by atoms with Crippen molar-refractivity contribution in [2.24, 2.45) is 4.99 Å². The van der Waals surface area contributed by atoms with Crippen molar-refractivity contribution in [2.45, 2.75) is 57.9 Å². The van der Waals surface area contributed by atoms with Crippen LogP contribution in [0.15, 0.2) is 53.5 Å². The van der Waals surface area contributed by atoms with Gasteiger partial charge in [0.15, 0.2) is 5.96 Å². The molecule has 2 fully saturated rings. The fourth-order valence-electron chi connectivity index (χ4n) is 5.44. The highest BCUT2D eigenvalue weighted by Gasteiger charge is 2.34. The van der Waals surface area contributed by atoms with Gasteiger partial charge in [0.1, 0.15) is 5.82 Å². The van der Waals surface area contributed by atoms with Gasteiger partial charge in [-0.05, 0) is 68.5 Å². The molecule has 216 valence electrons. The molecule has 5 rings (SSSR count). The van der Waals surface area contributed by atoms with Gasteiger partial charge in [0.25, 0.3) is 0 Å². The Balaban J connectivity index is 0.00000370. The molecule has 2 atom stereocenters. The first kappa shape index (κ1) is 30.0. The third kappa shape index (κ3) is 6.86. The number of nitrogens with zero attached hydrogens (tertiary/aromatic N) is 4. The maximum atomic E-state index is 14.4.